The van der Waals surface area contributed by atoms with Gasteiger partial charge in [0.25, 0.3) is 0 Å². The first-order chi connectivity index (χ1) is 35.7. The molecule has 72 heavy (non-hydrogen) atoms. The van der Waals surface area contributed by atoms with Gasteiger partial charge in [0.05, 0.1) is 50.4 Å². The van der Waals surface area contributed by atoms with Gasteiger partial charge in [-0.15, -0.1) is 0 Å². The first kappa shape index (κ1) is 41.4. The number of nitrogens with zero attached hydrogens (tertiary/aromatic N) is 6. The molecule has 0 saturated carbocycles. The number of benzene rings is 10. The maximum Gasteiger partial charge on any atom is 0.237 e. The molecular formula is C65H42N6Si. The standard InChI is InChI=1S/C65H42N6Si/c66-43-44-35-37-55-53-29-12-17-34-61(53)71(63(55)39-44)65-67-57(45-19-18-26-50(40-45)72(47-20-4-1-5-21-47,48-22-6-2-7-23-48)49-24-8-3-9-25-49)42-64(68-65)70-60-33-16-13-30-54(60)56-41-46(36-38-62(56)70)69-58-31-14-10-27-51(58)52-28-11-15-32-59(52)69/h1-42H. The smallest absolute Gasteiger partial charge is 0.237 e. The largest absolute Gasteiger partial charge is 0.309 e. The highest BCUT2D eigenvalue weighted by molar-refractivity contribution is 7.19. The first-order valence-electron chi connectivity index (χ1n) is 24.3. The second kappa shape index (κ2) is 16.5. The second-order valence-corrected chi connectivity index (χ2v) is 22.3. The van der Waals surface area contributed by atoms with Crippen LogP contribution in [-0.2, 0) is 0 Å². The van der Waals surface area contributed by atoms with Gasteiger partial charge in [0.2, 0.25) is 5.95 Å². The van der Waals surface area contributed by atoms with E-state index in [2.05, 4.69) is 256 Å². The highest BCUT2D eigenvalue weighted by Crippen LogP contribution is 2.38. The lowest BCUT2D eigenvalue weighted by Crippen LogP contribution is -2.74. The van der Waals surface area contributed by atoms with Gasteiger partial charge >= 0.3 is 0 Å². The van der Waals surface area contributed by atoms with Gasteiger partial charge in [-0.3, -0.25) is 9.13 Å². The van der Waals surface area contributed by atoms with Gasteiger partial charge in [0.15, 0.2) is 8.07 Å². The van der Waals surface area contributed by atoms with Crippen molar-refractivity contribution in [1.82, 2.24) is 23.7 Å². The predicted octanol–water partition coefficient (Wildman–Crippen LogP) is 12.7. The molecule has 0 aliphatic carbocycles. The molecule has 0 aliphatic rings. The van der Waals surface area contributed by atoms with Crippen LogP contribution < -0.4 is 20.7 Å². The van der Waals surface area contributed by atoms with E-state index in [9.17, 15) is 5.26 Å². The minimum absolute atomic E-state index is 0.514. The van der Waals surface area contributed by atoms with Crippen molar-refractivity contribution in [2.45, 2.75) is 0 Å². The van der Waals surface area contributed by atoms with Crippen molar-refractivity contribution in [1.29, 1.82) is 5.26 Å². The van der Waals surface area contributed by atoms with Crippen molar-refractivity contribution in [3.8, 4) is 34.8 Å². The lowest BCUT2D eigenvalue weighted by atomic mass is 10.1. The molecule has 0 unspecified atom stereocenters. The maximum atomic E-state index is 10.2. The van der Waals surface area contributed by atoms with E-state index >= 15 is 0 Å². The van der Waals surface area contributed by atoms with Gasteiger partial charge in [0, 0.05) is 49.6 Å². The summed E-state index contributed by atoms with van der Waals surface area (Å²) in [5, 5.41) is 22.2. The maximum absolute atomic E-state index is 10.2. The number of para-hydroxylation sites is 4. The van der Waals surface area contributed by atoms with Crippen LogP contribution in [0.1, 0.15) is 5.56 Å². The molecule has 4 aromatic heterocycles. The van der Waals surface area contributed by atoms with Crippen LogP contribution in [0.3, 0.4) is 0 Å². The molecule has 4 heterocycles. The van der Waals surface area contributed by atoms with E-state index < -0.39 is 8.07 Å². The number of fused-ring (bicyclic) bond motifs is 9. The number of rotatable bonds is 8. The molecule has 0 radical (unpaired) electrons. The Morgan fingerprint density at radius 1 is 0.333 bits per heavy atom. The molecule has 14 aromatic rings. The number of aromatic nitrogens is 5. The molecule has 0 saturated heterocycles. The average Bonchev–Trinajstić information content (AvgIpc) is 4.09. The van der Waals surface area contributed by atoms with Gasteiger partial charge < -0.3 is 4.57 Å². The number of nitriles is 1. The van der Waals surface area contributed by atoms with Gasteiger partial charge in [-0.1, -0.05) is 194 Å². The Bertz CT molecular complexity index is 4320. The number of hydrogen-bond donors (Lipinski definition) is 0. The highest BCUT2D eigenvalue weighted by atomic mass is 28.3. The fourth-order valence-electron chi connectivity index (χ4n) is 11.6. The third-order valence-corrected chi connectivity index (χ3v) is 19.4. The summed E-state index contributed by atoms with van der Waals surface area (Å²) in [5.41, 5.74) is 9.64. The van der Waals surface area contributed by atoms with Crippen molar-refractivity contribution < 1.29 is 0 Å². The Labute approximate surface area is 416 Å². The molecule has 10 aromatic carbocycles. The summed E-state index contributed by atoms with van der Waals surface area (Å²) in [5.74, 6) is 1.25. The summed E-state index contributed by atoms with van der Waals surface area (Å²) < 4.78 is 6.81. The normalized spacial score (nSPS) is 11.9. The first-order valence-corrected chi connectivity index (χ1v) is 26.3. The monoisotopic (exact) mass is 934 g/mol. The molecule has 0 aliphatic heterocycles. The molecule has 0 spiro atoms. The fourth-order valence-corrected chi connectivity index (χ4v) is 16.4. The van der Waals surface area contributed by atoms with Crippen molar-refractivity contribution in [3.63, 3.8) is 0 Å². The van der Waals surface area contributed by atoms with Crippen LogP contribution in [0.5, 0.6) is 0 Å². The van der Waals surface area contributed by atoms with Crippen molar-refractivity contribution in [2.75, 3.05) is 0 Å². The van der Waals surface area contributed by atoms with Crippen LogP contribution in [0.4, 0.5) is 0 Å². The Hall–Kier alpha value is -9.61. The Morgan fingerprint density at radius 3 is 1.38 bits per heavy atom. The van der Waals surface area contributed by atoms with Crippen LogP contribution >= 0.6 is 0 Å². The summed E-state index contributed by atoms with van der Waals surface area (Å²) in [6, 6.07) is 93.7. The van der Waals surface area contributed by atoms with Crippen LogP contribution in [-0.4, -0.2) is 31.7 Å². The van der Waals surface area contributed by atoms with Crippen molar-refractivity contribution >= 4 is 94.2 Å². The quantitative estimate of drug-likeness (QED) is 0.113. The average molecular weight is 935 g/mol. The molecule has 14 rings (SSSR count). The SMILES string of the molecule is N#Cc1ccc2c3ccccc3n(-c3nc(-c4cccc([Si](c5ccccc5)(c5ccccc5)c5ccccc5)c4)cc(-n4c5ccccc5c5cc(-n6c7ccccc7c7ccccc76)ccc54)n3)c2c1. The van der Waals surface area contributed by atoms with E-state index in [1.165, 1.54) is 42.6 Å². The zero-order valence-electron chi connectivity index (χ0n) is 38.9. The predicted molar refractivity (Wildman–Crippen MR) is 299 cm³/mol. The minimum Gasteiger partial charge on any atom is -0.309 e. The summed E-state index contributed by atoms with van der Waals surface area (Å²) >= 11 is 0. The summed E-state index contributed by atoms with van der Waals surface area (Å²) in [7, 11) is -2.90. The molecule has 6 nitrogen and oxygen atoms in total. The van der Waals surface area contributed by atoms with E-state index in [0.29, 0.717) is 11.5 Å². The molecule has 7 heteroatoms. The molecule has 0 bridgehead atoms. The molecule has 0 N–H and O–H groups in total. The minimum atomic E-state index is -2.90. The fraction of sp³-hybridized carbons (Fsp3) is 0. The van der Waals surface area contributed by atoms with Crippen LogP contribution in [0.15, 0.2) is 255 Å². The zero-order valence-corrected chi connectivity index (χ0v) is 39.9. The Balaban J connectivity index is 1.05. The van der Waals surface area contributed by atoms with Crippen LogP contribution in [0, 0.1) is 11.3 Å². The molecule has 0 atom stereocenters. The summed E-state index contributed by atoms with van der Waals surface area (Å²) in [4.78, 5) is 11.2. The van der Waals surface area contributed by atoms with E-state index in [4.69, 9.17) is 9.97 Å². The lowest BCUT2D eigenvalue weighted by molar-refractivity contribution is 0.952. The van der Waals surface area contributed by atoms with E-state index in [0.717, 1.165) is 66.4 Å². The molecule has 336 valence electrons. The van der Waals surface area contributed by atoms with E-state index in [1.807, 2.05) is 18.2 Å². The molecule has 0 amide bonds. The van der Waals surface area contributed by atoms with Gasteiger partial charge in [-0.25, -0.2) is 4.98 Å². The van der Waals surface area contributed by atoms with E-state index in [1.54, 1.807) is 0 Å². The third-order valence-electron chi connectivity index (χ3n) is 14.6. The molecule has 0 fully saturated rings. The zero-order chi connectivity index (χ0) is 47.8. The summed E-state index contributed by atoms with van der Waals surface area (Å²) in [6.45, 7) is 0. The molecular weight excluding hydrogens is 893 g/mol. The number of hydrogen-bond acceptors (Lipinski definition) is 3. The highest BCUT2D eigenvalue weighted by Gasteiger charge is 2.41. The van der Waals surface area contributed by atoms with Gasteiger partial charge in [0.1, 0.15) is 5.82 Å². The van der Waals surface area contributed by atoms with Gasteiger partial charge in [-0.2, -0.15) is 10.2 Å². The Morgan fingerprint density at radius 2 is 0.806 bits per heavy atom. The second-order valence-electron chi connectivity index (χ2n) is 18.5. The van der Waals surface area contributed by atoms with Crippen LogP contribution in [0.2, 0.25) is 0 Å². The third kappa shape index (κ3) is 6.26. The Kier molecular flexibility index (Phi) is 9.49. The van der Waals surface area contributed by atoms with Crippen molar-refractivity contribution in [2.24, 2.45) is 0 Å². The summed E-state index contributed by atoms with van der Waals surface area (Å²) in [6.07, 6.45) is 0. The van der Waals surface area contributed by atoms with E-state index in [-0.39, 0.29) is 0 Å². The van der Waals surface area contributed by atoms with Crippen molar-refractivity contribution in [3.05, 3.63) is 260 Å². The van der Waals surface area contributed by atoms with Gasteiger partial charge in [-0.05, 0) is 75.3 Å². The topological polar surface area (TPSA) is 64.4 Å². The lowest BCUT2D eigenvalue weighted by Gasteiger charge is -2.34. The van der Waals surface area contributed by atoms with Crippen LogP contribution in [0.25, 0.3) is 94.1 Å².